The highest BCUT2D eigenvalue weighted by Gasteiger charge is 2.40. The van der Waals surface area contributed by atoms with Crippen LogP contribution in [0.25, 0.3) is 17.2 Å². The highest BCUT2D eigenvalue weighted by Crippen LogP contribution is 2.50. The number of nitrogens with two attached hydrogens (primary N) is 1. The minimum Gasteiger partial charge on any atom is -0.422 e. The molecule has 1 atom stereocenters. The summed E-state index contributed by atoms with van der Waals surface area (Å²) in [6.45, 7) is 0. The molecule has 162 valence electrons. The van der Waals surface area contributed by atoms with Crippen LogP contribution in [0.15, 0.2) is 72.5 Å². The smallest absolute Gasteiger partial charge is 0.224 e. The number of fused-ring (bicyclic) bond motifs is 1. The highest BCUT2D eigenvalue weighted by atomic mass is 16.5. The zero-order valence-electron chi connectivity index (χ0n) is 18.0. The minimum atomic E-state index is -0.310. The normalized spacial score (nSPS) is 17.4. The maximum atomic E-state index is 9.92. The minimum absolute atomic E-state index is 0.136. The van der Waals surface area contributed by atoms with Crippen LogP contribution in [0.3, 0.4) is 0 Å². The van der Waals surface area contributed by atoms with Gasteiger partial charge in [-0.1, -0.05) is 18.2 Å². The van der Waals surface area contributed by atoms with Crippen molar-refractivity contribution in [3.8, 4) is 29.2 Å². The van der Waals surface area contributed by atoms with Crippen molar-refractivity contribution in [2.75, 3.05) is 0 Å². The number of pyridine rings is 1. The Bertz CT molecular complexity index is 1420. The van der Waals surface area contributed by atoms with Crippen LogP contribution in [0.5, 0.6) is 5.88 Å². The molecule has 1 saturated carbocycles. The van der Waals surface area contributed by atoms with Crippen molar-refractivity contribution < 1.29 is 4.74 Å². The fourth-order valence-electron chi connectivity index (χ4n) is 4.52. The zero-order valence-corrected chi connectivity index (χ0v) is 18.0. The van der Waals surface area contributed by atoms with Gasteiger partial charge in [-0.25, -0.2) is 9.67 Å². The van der Waals surface area contributed by atoms with Gasteiger partial charge in [0.05, 0.1) is 17.2 Å². The number of aryl methyl sites for hydroxylation is 1. The van der Waals surface area contributed by atoms with Crippen molar-refractivity contribution >= 4 is 0 Å². The number of rotatable bonds is 4. The Hall–Kier alpha value is -4.38. The van der Waals surface area contributed by atoms with E-state index < -0.39 is 0 Å². The van der Waals surface area contributed by atoms with E-state index in [0.717, 1.165) is 46.9 Å². The molecule has 0 saturated heterocycles. The van der Waals surface area contributed by atoms with E-state index in [0.29, 0.717) is 17.4 Å². The van der Waals surface area contributed by atoms with Crippen molar-refractivity contribution in [3.63, 3.8) is 0 Å². The summed E-state index contributed by atoms with van der Waals surface area (Å²) in [7, 11) is 1.85. The Morgan fingerprint density at radius 2 is 1.91 bits per heavy atom. The third-order valence-corrected chi connectivity index (χ3v) is 6.23. The summed E-state index contributed by atoms with van der Waals surface area (Å²) in [5, 5.41) is 14.6. The van der Waals surface area contributed by atoms with Crippen molar-refractivity contribution in [3.05, 3.63) is 89.3 Å². The molecule has 3 aromatic heterocycles. The monoisotopic (exact) mass is 435 g/mol. The summed E-state index contributed by atoms with van der Waals surface area (Å²) in [4.78, 5) is 8.91. The van der Waals surface area contributed by atoms with Crippen LogP contribution in [0, 0.1) is 11.3 Å². The number of aromatic nitrogens is 5. The Balaban J connectivity index is 1.44. The van der Waals surface area contributed by atoms with Crippen LogP contribution in [-0.4, -0.2) is 24.3 Å². The number of ether oxygens (including phenoxy) is 1. The first-order chi connectivity index (χ1) is 16.2. The first-order valence-corrected chi connectivity index (χ1v) is 10.8. The second kappa shape index (κ2) is 7.35. The number of hydrogen-bond acceptors (Lipinski definition) is 6. The first kappa shape index (κ1) is 19.3. The number of nitrogens with zero attached hydrogens (tertiary/aromatic N) is 6. The van der Waals surface area contributed by atoms with Crippen LogP contribution >= 0.6 is 0 Å². The van der Waals surface area contributed by atoms with E-state index in [1.165, 1.54) is 0 Å². The lowest BCUT2D eigenvalue weighted by molar-refractivity contribution is 0.358. The summed E-state index contributed by atoms with van der Waals surface area (Å²) in [5.41, 5.74) is 11.3. The van der Waals surface area contributed by atoms with E-state index in [1.54, 1.807) is 17.1 Å². The summed E-state index contributed by atoms with van der Waals surface area (Å²) in [6, 6.07) is 16.2. The van der Waals surface area contributed by atoms with Crippen LogP contribution < -0.4 is 10.5 Å². The number of nitriles is 1. The molecular formula is C25H21N7O. The van der Waals surface area contributed by atoms with E-state index >= 15 is 0 Å². The van der Waals surface area contributed by atoms with Gasteiger partial charge in [-0.3, -0.25) is 9.55 Å². The average molecular weight is 435 g/mol. The van der Waals surface area contributed by atoms with Gasteiger partial charge in [-0.15, -0.1) is 0 Å². The Labute approximate surface area is 190 Å². The molecule has 33 heavy (non-hydrogen) atoms. The summed E-state index contributed by atoms with van der Waals surface area (Å²) in [5.74, 6) is 1.62. The molecule has 6 rings (SSSR count). The lowest BCUT2D eigenvalue weighted by Gasteiger charge is -2.25. The van der Waals surface area contributed by atoms with Gasteiger partial charge in [-0.05, 0) is 42.7 Å². The molecule has 4 heterocycles. The van der Waals surface area contributed by atoms with Crippen molar-refractivity contribution in [2.45, 2.75) is 24.7 Å². The number of hydrogen-bond donors (Lipinski definition) is 1. The number of allylic oxidation sites excluding steroid dienone is 1. The zero-order chi connectivity index (χ0) is 22.5. The largest absolute Gasteiger partial charge is 0.422 e. The molecule has 0 radical (unpaired) electrons. The van der Waals surface area contributed by atoms with E-state index in [4.69, 9.17) is 15.6 Å². The molecule has 0 bridgehead atoms. The van der Waals surface area contributed by atoms with Gasteiger partial charge in [0.15, 0.2) is 5.82 Å². The predicted molar refractivity (Wildman–Crippen MR) is 121 cm³/mol. The Kier molecular flexibility index (Phi) is 4.30. The maximum absolute atomic E-state index is 9.92. The molecule has 1 aromatic carbocycles. The molecule has 1 aliphatic heterocycles. The van der Waals surface area contributed by atoms with Gasteiger partial charge < -0.3 is 10.5 Å². The van der Waals surface area contributed by atoms with Crippen molar-refractivity contribution in [1.82, 2.24) is 24.3 Å². The molecule has 8 heteroatoms. The summed E-state index contributed by atoms with van der Waals surface area (Å²) < 4.78 is 9.57. The summed E-state index contributed by atoms with van der Waals surface area (Å²) >= 11 is 0. The molecule has 0 spiro atoms. The molecule has 0 amide bonds. The van der Waals surface area contributed by atoms with Crippen LogP contribution in [0.2, 0.25) is 0 Å². The molecule has 4 aromatic rings. The third-order valence-electron chi connectivity index (χ3n) is 6.23. The lowest BCUT2D eigenvalue weighted by Crippen LogP contribution is -2.22. The molecule has 1 fully saturated rings. The van der Waals surface area contributed by atoms with E-state index in [9.17, 15) is 5.26 Å². The highest BCUT2D eigenvalue weighted by molar-refractivity contribution is 5.58. The average Bonchev–Trinajstić information content (AvgIpc) is 3.48. The Morgan fingerprint density at radius 3 is 2.61 bits per heavy atom. The van der Waals surface area contributed by atoms with Crippen LogP contribution in [-0.2, 0) is 7.05 Å². The van der Waals surface area contributed by atoms with Crippen molar-refractivity contribution in [1.29, 1.82) is 5.26 Å². The quantitative estimate of drug-likeness (QED) is 0.523. The SMILES string of the molecule is Cn1nc(C2CC2)c2c1OC(N)=C(C#N)C2c1ccc(-n2ccnc2-c2ccccn2)cc1. The maximum Gasteiger partial charge on any atom is 0.224 e. The molecule has 2 aliphatic rings. The van der Waals surface area contributed by atoms with Gasteiger partial charge in [-0.2, -0.15) is 10.4 Å². The third kappa shape index (κ3) is 3.09. The van der Waals surface area contributed by atoms with E-state index in [2.05, 4.69) is 16.0 Å². The second-order valence-corrected chi connectivity index (χ2v) is 8.35. The Morgan fingerprint density at radius 1 is 1.09 bits per heavy atom. The number of imidazole rings is 1. The van der Waals surface area contributed by atoms with Gasteiger partial charge in [0.2, 0.25) is 11.8 Å². The molecular weight excluding hydrogens is 414 g/mol. The predicted octanol–water partition coefficient (Wildman–Crippen LogP) is 3.76. The van der Waals surface area contributed by atoms with Gasteiger partial charge in [0.1, 0.15) is 17.3 Å². The van der Waals surface area contributed by atoms with E-state index in [-0.39, 0.29) is 11.8 Å². The topological polar surface area (TPSA) is 108 Å². The fraction of sp³-hybridized carbons (Fsp3) is 0.200. The molecule has 1 unspecified atom stereocenters. The first-order valence-electron chi connectivity index (χ1n) is 10.8. The second-order valence-electron chi connectivity index (χ2n) is 8.35. The molecule has 8 nitrogen and oxygen atoms in total. The van der Waals surface area contributed by atoms with Gasteiger partial charge in [0.25, 0.3) is 0 Å². The van der Waals surface area contributed by atoms with Crippen molar-refractivity contribution in [2.24, 2.45) is 12.8 Å². The summed E-state index contributed by atoms with van der Waals surface area (Å²) in [6.07, 6.45) is 7.64. The van der Waals surface area contributed by atoms with E-state index in [1.807, 2.05) is 60.3 Å². The standard InChI is InChI=1S/C25H21N7O/c1-31-25-21(22(30-31)16-5-6-16)20(18(14-26)23(27)33-25)15-7-9-17(10-8-15)32-13-12-29-24(32)19-4-2-3-11-28-19/h2-4,7-13,16,20H,5-6,27H2,1H3. The molecule has 2 N–H and O–H groups in total. The fourth-order valence-corrected chi connectivity index (χ4v) is 4.52. The van der Waals surface area contributed by atoms with Gasteiger partial charge >= 0.3 is 0 Å². The lowest BCUT2D eigenvalue weighted by atomic mass is 9.83. The van der Waals surface area contributed by atoms with Crippen LogP contribution in [0.4, 0.5) is 0 Å². The van der Waals surface area contributed by atoms with Gasteiger partial charge in [0, 0.05) is 37.2 Å². The van der Waals surface area contributed by atoms with Crippen LogP contribution in [0.1, 0.15) is 41.5 Å². The number of benzene rings is 1. The molecule has 1 aliphatic carbocycles.